The fraction of sp³-hybridized carbons (Fsp3) is 0.353. The Bertz CT molecular complexity index is 697. The number of anilines is 2. The highest BCUT2D eigenvalue weighted by molar-refractivity contribution is 5.93. The molecule has 1 amide bonds. The molecule has 1 aromatic heterocycles. The lowest BCUT2D eigenvalue weighted by molar-refractivity contribution is -0.137. The minimum Gasteiger partial charge on any atom is -0.352 e. The lowest BCUT2D eigenvalue weighted by Crippen LogP contribution is -2.25. The second-order valence-corrected chi connectivity index (χ2v) is 5.93. The lowest BCUT2D eigenvalue weighted by Gasteiger charge is -2.09. The molecule has 0 saturated heterocycles. The van der Waals surface area contributed by atoms with Crippen LogP contribution in [-0.2, 0) is 6.18 Å². The van der Waals surface area contributed by atoms with E-state index in [9.17, 15) is 18.0 Å². The summed E-state index contributed by atoms with van der Waals surface area (Å²) in [5, 5.41) is 5.56. The summed E-state index contributed by atoms with van der Waals surface area (Å²) in [6.45, 7) is 4.70. The van der Waals surface area contributed by atoms with Crippen LogP contribution < -0.4 is 10.6 Å². The standard InChI is InChI=1S/C17H19F3N4O/c1-11(2)7-8-21-15(25)12-9-22-16(23-10-12)24-14-5-3-13(4-6-14)17(18,19)20/h3-6,9-11H,7-8H2,1-2H3,(H,21,25)(H,22,23,24). The Kier molecular flexibility index (Phi) is 5.95. The molecule has 0 aliphatic carbocycles. The van der Waals surface area contributed by atoms with Crippen LogP contribution in [0.5, 0.6) is 0 Å². The van der Waals surface area contributed by atoms with E-state index in [1.807, 2.05) is 0 Å². The summed E-state index contributed by atoms with van der Waals surface area (Å²) in [5.74, 6) is 0.423. The summed E-state index contributed by atoms with van der Waals surface area (Å²) < 4.78 is 37.5. The van der Waals surface area contributed by atoms with Crippen molar-refractivity contribution in [2.45, 2.75) is 26.4 Å². The summed E-state index contributed by atoms with van der Waals surface area (Å²) in [6, 6.07) is 4.52. The molecule has 25 heavy (non-hydrogen) atoms. The minimum absolute atomic E-state index is 0.193. The van der Waals surface area contributed by atoms with E-state index in [2.05, 4.69) is 34.4 Å². The van der Waals surface area contributed by atoms with Crippen molar-refractivity contribution >= 4 is 17.5 Å². The van der Waals surface area contributed by atoms with Crippen molar-refractivity contribution < 1.29 is 18.0 Å². The number of alkyl halides is 3. The highest BCUT2D eigenvalue weighted by Crippen LogP contribution is 2.30. The van der Waals surface area contributed by atoms with Gasteiger partial charge in [-0.2, -0.15) is 13.2 Å². The highest BCUT2D eigenvalue weighted by atomic mass is 19.4. The Hall–Kier alpha value is -2.64. The van der Waals surface area contributed by atoms with Gasteiger partial charge in [-0.15, -0.1) is 0 Å². The van der Waals surface area contributed by atoms with Gasteiger partial charge in [0.15, 0.2) is 0 Å². The quantitative estimate of drug-likeness (QED) is 0.824. The van der Waals surface area contributed by atoms with Crippen LogP contribution in [0.25, 0.3) is 0 Å². The zero-order valence-electron chi connectivity index (χ0n) is 13.9. The van der Waals surface area contributed by atoms with E-state index in [4.69, 9.17) is 0 Å². The molecule has 2 aromatic rings. The molecule has 0 radical (unpaired) electrons. The Morgan fingerprint density at radius 2 is 1.72 bits per heavy atom. The van der Waals surface area contributed by atoms with Gasteiger partial charge < -0.3 is 10.6 Å². The van der Waals surface area contributed by atoms with Crippen molar-refractivity contribution in [2.24, 2.45) is 5.92 Å². The predicted molar refractivity (Wildman–Crippen MR) is 88.5 cm³/mol. The third-order valence-corrected chi connectivity index (χ3v) is 3.39. The van der Waals surface area contributed by atoms with Crippen LogP contribution in [0, 0.1) is 5.92 Å². The van der Waals surface area contributed by atoms with Crippen LogP contribution in [-0.4, -0.2) is 22.4 Å². The number of benzene rings is 1. The summed E-state index contributed by atoms with van der Waals surface area (Å²) in [7, 11) is 0. The second-order valence-electron chi connectivity index (χ2n) is 5.93. The third-order valence-electron chi connectivity index (χ3n) is 3.39. The second kappa shape index (κ2) is 7.96. The Labute approximate surface area is 143 Å². The van der Waals surface area contributed by atoms with Gasteiger partial charge in [0.25, 0.3) is 5.91 Å². The topological polar surface area (TPSA) is 66.9 Å². The molecular weight excluding hydrogens is 333 g/mol. The maximum absolute atomic E-state index is 12.5. The van der Waals surface area contributed by atoms with E-state index in [0.717, 1.165) is 18.6 Å². The number of nitrogens with zero attached hydrogens (tertiary/aromatic N) is 2. The van der Waals surface area contributed by atoms with Crippen molar-refractivity contribution in [1.82, 2.24) is 15.3 Å². The molecule has 0 spiro atoms. The van der Waals surface area contributed by atoms with E-state index in [1.165, 1.54) is 24.5 Å². The molecule has 0 bridgehead atoms. The number of carbonyl (C=O) groups is 1. The Morgan fingerprint density at radius 1 is 1.12 bits per heavy atom. The zero-order valence-corrected chi connectivity index (χ0v) is 13.9. The van der Waals surface area contributed by atoms with Crippen LogP contribution in [0.15, 0.2) is 36.7 Å². The number of nitrogens with one attached hydrogen (secondary N) is 2. The van der Waals surface area contributed by atoms with Gasteiger partial charge in [-0.05, 0) is 36.6 Å². The molecule has 134 valence electrons. The molecule has 2 rings (SSSR count). The van der Waals surface area contributed by atoms with Gasteiger partial charge in [0.05, 0.1) is 11.1 Å². The van der Waals surface area contributed by atoms with Crippen molar-refractivity contribution in [3.8, 4) is 0 Å². The molecule has 0 aliphatic heterocycles. The van der Waals surface area contributed by atoms with Crippen LogP contribution >= 0.6 is 0 Å². The molecule has 0 atom stereocenters. The van der Waals surface area contributed by atoms with Crippen LogP contribution in [0.1, 0.15) is 36.2 Å². The first-order chi connectivity index (χ1) is 11.8. The van der Waals surface area contributed by atoms with E-state index in [1.54, 1.807) is 0 Å². The van der Waals surface area contributed by atoms with Gasteiger partial charge in [-0.1, -0.05) is 13.8 Å². The van der Waals surface area contributed by atoms with Gasteiger partial charge in [-0.3, -0.25) is 4.79 Å². The first kappa shape index (κ1) is 18.7. The molecule has 2 N–H and O–H groups in total. The first-order valence-electron chi connectivity index (χ1n) is 7.80. The first-order valence-corrected chi connectivity index (χ1v) is 7.80. The number of aromatic nitrogens is 2. The fourth-order valence-corrected chi connectivity index (χ4v) is 1.96. The number of carbonyl (C=O) groups excluding carboxylic acids is 1. The zero-order chi connectivity index (χ0) is 18.4. The van der Waals surface area contributed by atoms with Gasteiger partial charge in [-0.25, -0.2) is 9.97 Å². The minimum atomic E-state index is -4.38. The van der Waals surface area contributed by atoms with Gasteiger partial charge in [0.1, 0.15) is 0 Å². The molecule has 5 nitrogen and oxygen atoms in total. The fourth-order valence-electron chi connectivity index (χ4n) is 1.96. The summed E-state index contributed by atoms with van der Waals surface area (Å²) in [5.41, 5.74) is 0.0104. The summed E-state index contributed by atoms with van der Waals surface area (Å²) in [6.07, 6.45) is -0.770. The van der Waals surface area contributed by atoms with Crippen LogP contribution in [0.3, 0.4) is 0 Å². The van der Waals surface area contributed by atoms with Crippen molar-refractivity contribution in [3.05, 3.63) is 47.8 Å². The van der Waals surface area contributed by atoms with E-state index < -0.39 is 11.7 Å². The maximum atomic E-state index is 12.5. The van der Waals surface area contributed by atoms with Crippen molar-refractivity contribution in [2.75, 3.05) is 11.9 Å². The summed E-state index contributed by atoms with van der Waals surface area (Å²) in [4.78, 5) is 19.9. The average molecular weight is 352 g/mol. The number of amides is 1. The maximum Gasteiger partial charge on any atom is 0.416 e. The van der Waals surface area contributed by atoms with E-state index >= 15 is 0 Å². The van der Waals surface area contributed by atoms with Crippen molar-refractivity contribution in [3.63, 3.8) is 0 Å². The number of hydrogen-bond donors (Lipinski definition) is 2. The molecule has 0 unspecified atom stereocenters. The highest BCUT2D eigenvalue weighted by Gasteiger charge is 2.29. The van der Waals surface area contributed by atoms with Crippen molar-refractivity contribution in [1.29, 1.82) is 0 Å². The van der Waals surface area contributed by atoms with Gasteiger partial charge in [0, 0.05) is 24.6 Å². The van der Waals surface area contributed by atoms with Gasteiger partial charge in [0.2, 0.25) is 5.95 Å². The molecule has 1 heterocycles. The molecule has 1 aromatic carbocycles. The Morgan fingerprint density at radius 3 is 2.24 bits per heavy atom. The summed E-state index contributed by atoms with van der Waals surface area (Å²) >= 11 is 0. The smallest absolute Gasteiger partial charge is 0.352 e. The largest absolute Gasteiger partial charge is 0.416 e. The predicted octanol–water partition coefficient (Wildman–Crippen LogP) is 4.01. The van der Waals surface area contributed by atoms with Crippen LogP contribution in [0.4, 0.5) is 24.8 Å². The van der Waals surface area contributed by atoms with E-state index in [0.29, 0.717) is 23.7 Å². The number of halogens is 3. The lowest BCUT2D eigenvalue weighted by atomic mass is 10.1. The normalized spacial score (nSPS) is 11.4. The van der Waals surface area contributed by atoms with E-state index in [-0.39, 0.29) is 11.9 Å². The molecular formula is C17H19F3N4O. The number of hydrogen-bond acceptors (Lipinski definition) is 4. The van der Waals surface area contributed by atoms with Crippen LogP contribution in [0.2, 0.25) is 0 Å². The SMILES string of the molecule is CC(C)CCNC(=O)c1cnc(Nc2ccc(C(F)(F)F)cc2)nc1. The molecule has 0 aliphatic rings. The Balaban J connectivity index is 1.95. The average Bonchev–Trinajstić information content (AvgIpc) is 2.55. The monoisotopic (exact) mass is 352 g/mol. The van der Waals surface area contributed by atoms with Gasteiger partial charge >= 0.3 is 6.18 Å². The number of rotatable bonds is 6. The molecule has 8 heteroatoms. The third kappa shape index (κ3) is 5.74. The molecule has 0 fully saturated rings. The molecule has 0 saturated carbocycles.